The van der Waals surface area contributed by atoms with Gasteiger partial charge in [-0.25, -0.2) is 0 Å². The summed E-state index contributed by atoms with van der Waals surface area (Å²) in [5.41, 5.74) is 1.29. The third kappa shape index (κ3) is 8.13. The van der Waals surface area contributed by atoms with Crippen LogP contribution in [-0.2, 0) is 0 Å². The molecule has 0 saturated carbocycles. The summed E-state index contributed by atoms with van der Waals surface area (Å²) in [4.78, 5) is 8.33. The number of carboxylic acid groups (broad SMARTS) is 2. The van der Waals surface area contributed by atoms with Gasteiger partial charge >= 0.3 is 103 Å². The predicted molar refractivity (Wildman–Crippen MR) is 60.6 cm³/mol. The fraction of sp³-hybridized carbons (Fsp3) is 0. The molecule has 7 heteroatoms. The van der Waals surface area contributed by atoms with E-state index in [9.17, 15) is 10.2 Å². The molecule has 0 aliphatic carbocycles. The monoisotopic (exact) mass is 324 g/mol. The second-order valence-corrected chi connectivity index (χ2v) is 3.28. The van der Waals surface area contributed by atoms with E-state index >= 15 is 0 Å². The van der Waals surface area contributed by atoms with E-state index in [1.807, 2.05) is 12.1 Å². The topological polar surface area (TPSA) is 104 Å². The molecule has 0 heterocycles. The molecule has 0 bridgehead atoms. The zero-order valence-corrected chi connectivity index (χ0v) is 17.5. The van der Waals surface area contributed by atoms with E-state index in [2.05, 4.69) is 0 Å². The number of carbonyl (C=O) groups excluding carboxylic acids is 1. The molecule has 2 rings (SSSR count). The van der Waals surface area contributed by atoms with Gasteiger partial charge < -0.3 is 25.2 Å². The van der Waals surface area contributed by atoms with E-state index in [0.717, 1.165) is 0 Å². The van der Waals surface area contributed by atoms with Gasteiger partial charge in [0.15, 0.2) is 0 Å². The second-order valence-electron chi connectivity index (χ2n) is 3.28. The Balaban J connectivity index is 0. The third-order valence-corrected chi connectivity index (χ3v) is 2.10. The molecule has 20 heavy (non-hydrogen) atoms. The van der Waals surface area contributed by atoms with Crippen LogP contribution in [0.15, 0.2) is 48.5 Å². The van der Waals surface area contributed by atoms with Crippen molar-refractivity contribution in [1.29, 1.82) is 0 Å². The van der Waals surface area contributed by atoms with Crippen LogP contribution < -0.4 is 113 Å². The average molecular weight is 324 g/mol. The van der Waals surface area contributed by atoms with Crippen molar-refractivity contribution in [3.63, 3.8) is 0 Å². The molecule has 0 aromatic heterocycles. The number of benzene rings is 2. The first-order valence-electron chi connectivity index (χ1n) is 4.96. The first-order chi connectivity index (χ1) is 8.52. The van der Waals surface area contributed by atoms with Crippen molar-refractivity contribution >= 4 is 6.16 Å². The van der Waals surface area contributed by atoms with Crippen molar-refractivity contribution in [2.75, 3.05) is 0 Å². The molecule has 0 atom stereocenters. The predicted octanol–water partition coefficient (Wildman–Crippen LogP) is -5.67. The van der Waals surface area contributed by atoms with Gasteiger partial charge in [-0.15, -0.1) is 0 Å². The summed E-state index contributed by atoms with van der Waals surface area (Å²) in [6.45, 7) is 0. The number of hydrogen-bond acceptors (Lipinski definition) is 5. The Labute approximate surface area is 201 Å². The van der Waals surface area contributed by atoms with Crippen LogP contribution in [0, 0.1) is 0 Å². The molecule has 2 N–H and O–H groups in total. The molecule has 0 amide bonds. The Morgan fingerprint density at radius 1 is 0.750 bits per heavy atom. The fourth-order valence-corrected chi connectivity index (χ4v) is 1.40. The Kier molecular flexibility index (Phi) is 13.9. The molecular weight excluding hydrogens is 314 g/mol. The van der Waals surface area contributed by atoms with Crippen LogP contribution >= 0.6 is 0 Å². The van der Waals surface area contributed by atoms with Crippen molar-refractivity contribution in [3.05, 3.63) is 48.5 Å². The maximum Gasteiger partial charge on any atom is 1.00 e. The van der Waals surface area contributed by atoms with Gasteiger partial charge in [-0.2, -0.15) is 0 Å². The minimum atomic E-state index is -2.33. The number of rotatable bonds is 1. The molecule has 94 valence electrons. The van der Waals surface area contributed by atoms with Gasteiger partial charge in [0, 0.05) is 11.1 Å². The van der Waals surface area contributed by atoms with Gasteiger partial charge in [-0.05, 0) is 18.3 Å². The molecule has 0 saturated heterocycles. The van der Waals surface area contributed by atoms with Crippen LogP contribution in [0.5, 0.6) is 11.5 Å². The van der Waals surface area contributed by atoms with Crippen molar-refractivity contribution in [2.45, 2.75) is 0 Å². The number of aromatic hydroxyl groups is 2. The van der Waals surface area contributed by atoms with Crippen LogP contribution in [-0.4, -0.2) is 16.4 Å². The number of hydrogen-bond donors (Lipinski definition) is 2. The quantitative estimate of drug-likeness (QED) is 0.509. The minimum Gasteiger partial charge on any atom is -0.652 e. The summed E-state index contributed by atoms with van der Waals surface area (Å²) in [7, 11) is 0. The molecule has 2 aromatic carbocycles. The molecular formula is C13H10K2O5. The molecule has 0 spiro atoms. The summed E-state index contributed by atoms with van der Waals surface area (Å²) < 4.78 is 0. The Morgan fingerprint density at radius 2 is 1.00 bits per heavy atom. The van der Waals surface area contributed by atoms with E-state index < -0.39 is 6.16 Å². The molecule has 0 aliphatic heterocycles. The van der Waals surface area contributed by atoms with Crippen LogP contribution in [0.3, 0.4) is 0 Å². The molecule has 0 unspecified atom stereocenters. The standard InChI is InChI=1S/C12H10O2.CH2O3.2K/c13-11-7-3-1-5-9(11)10-6-2-4-8-12(10)14;2-1(3)4;;/h1-8,13-14H;(H2,2,3,4);;/q;;2*+1/p-2. The summed E-state index contributed by atoms with van der Waals surface area (Å²) in [5.74, 6) is 0.350. The van der Waals surface area contributed by atoms with Gasteiger partial charge in [0.2, 0.25) is 0 Å². The zero-order chi connectivity index (χ0) is 13.5. The number of phenols is 2. The fourth-order valence-electron chi connectivity index (χ4n) is 1.40. The molecule has 0 radical (unpaired) electrons. The average Bonchev–Trinajstić information content (AvgIpc) is 2.30. The van der Waals surface area contributed by atoms with E-state index in [0.29, 0.717) is 11.1 Å². The summed E-state index contributed by atoms with van der Waals surface area (Å²) in [6.07, 6.45) is -2.33. The third-order valence-electron chi connectivity index (χ3n) is 2.10. The molecule has 0 fully saturated rings. The van der Waals surface area contributed by atoms with Gasteiger partial charge in [0.05, 0.1) is 0 Å². The largest absolute Gasteiger partial charge is 1.00 e. The van der Waals surface area contributed by atoms with Crippen LogP contribution in [0.2, 0.25) is 0 Å². The Morgan fingerprint density at radius 3 is 1.25 bits per heavy atom. The molecule has 0 aliphatic rings. The van der Waals surface area contributed by atoms with E-state index in [1.165, 1.54) is 0 Å². The summed E-state index contributed by atoms with van der Waals surface area (Å²) >= 11 is 0. The number of phenolic OH excluding ortho intramolecular Hbond substituents is 2. The van der Waals surface area contributed by atoms with E-state index in [-0.39, 0.29) is 114 Å². The first kappa shape index (κ1) is 22.9. The van der Waals surface area contributed by atoms with Crippen LogP contribution in [0.4, 0.5) is 4.79 Å². The van der Waals surface area contributed by atoms with E-state index in [4.69, 9.17) is 15.0 Å². The summed E-state index contributed by atoms with van der Waals surface area (Å²) in [6, 6.07) is 13.9. The van der Waals surface area contributed by atoms with Crippen LogP contribution in [0.1, 0.15) is 0 Å². The second kappa shape index (κ2) is 12.2. The van der Waals surface area contributed by atoms with Crippen molar-refractivity contribution in [2.24, 2.45) is 0 Å². The van der Waals surface area contributed by atoms with E-state index in [1.54, 1.807) is 36.4 Å². The molecule has 5 nitrogen and oxygen atoms in total. The first-order valence-corrected chi connectivity index (χ1v) is 4.96. The number of carbonyl (C=O) groups is 1. The smallest absolute Gasteiger partial charge is 0.652 e. The van der Waals surface area contributed by atoms with Gasteiger partial charge in [0.1, 0.15) is 11.5 Å². The number of para-hydroxylation sites is 2. The summed E-state index contributed by atoms with van der Waals surface area (Å²) in [5, 5.41) is 35.8. The Hall–Kier alpha value is 0.583. The van der Waals surface area contributed by atoms with Gasteiger partial charge in [-0.3, -0.25) is 0 Å². The van der Waals surface area contributed by atoms with Gasteiger partial charge in [0.25, 0.3) is 0 Å². The van der Waals surface area contributed by atoms with Crippen LogP contribution in [0.25, 0.3) is 11.1 Å². The van der Waals surface area contributed by atoms with Crippen molar-refractivity contribution in [1.82, 2.24) is 0 Å². The maximum atomic E-state index is 9.58. The maximum absolute atomic E-state index is 9.58. The normalized spacial score (nSPS) is 8.20. The SMILES string of the molecule is O=C([O-])[O-].Oc1ccccc1-c1ccccc1O.[K+].[K+]. The molecule has 2 aromatic rings. The Bertz CT molecular complexity index is 498. The van der Waals surface area contributed by atoms with Crippen molar-refractivity contribution in [3.8, 4) is 22.6 Å². The zero-order valence-electron chi connectivity index (χ0n) is 11.2. The van der Waals surface area contributed by atoms with Crippen molar-refractivity contribution < 1.29 is 128 Å². The minimum absolute atomic E-state index is 0. The van der Waals surface area contributed by atoms with Gasteiger partial charge in [-0.1, -0.05) is 36.4 Å².